The number of amides is 1. The first-order chi connectivity index (χ1) is 11.1. The van der Waals surface area contributed by atoms with Crippen LogP contribution in [-0.4, -0.2) is 29.7 Å². The summed E-state index contributed by atoms with van der Waals surface area (Å²) in [6.07, 6.45) is -0.993. The van der Waals surface area contributed by atoms with E-state index in [4.69, 9.17) is 5.73 Å². The lowest BCUT2D eigenvalue weighted by Gasteiger charge is -2.24. The monoisotopic (exact) mass is 312 g/mol. The summed E-state index contributed by atoms with van der Waals surface area (Å²) in [6, 6.07) is 19.9. The molecule has 1 aliphatic heterocycles. The molecule has 0 bridgehead atoms. The minimum Gasteiger partial charge on any atom is -0.324 e. The third kappa shape index (κ3) is 3.59. The average Bonchev–Trinajstić information content (AvgIpc) is 2.92. The normalized spacial score (nSPS) is 20.9. The Morgan fingerprint density at radius 1 is 1.09 bits per heavy atom. The predicted octanol–water partition coefficient (Wildman–Crippen LogP) is 3.06. The highest BCUT2D eigenvalue weighted by Crippen LogP contribution is 2.30. The van der Waals surface area contributed by atoms with Crippen molar-refractivity contribution in [1.82, 2.24) is 4.90 Å². The summed E-state index contributed by atoms with van der Waals surface area (Å²) >= 11 is 0. The fourth-order valence-corrected chi connectivity index (χ4v) is 3.19. The Kier molecular flexibility index (Phi) is 4.72. The maximum Gasteiger partial charge on any atom is 0.224 e. The summed E-state index contributed by atoms with van der Waals surface area (Å²) in [5.74, 6) is -0.133. The number of hydrogen-bond donors (Lipinski definition) is 1. The number of rotatable bonds is 4. The highest BCUT2D eigenvalue weighted by atomic mass is 19.1. The van der Waals surface area contributed by atoms with Crippen molar-refractivity contribution in [3.63, 3.8) is 0 Å². The van der Waals surface area contributed by atoms with Gasteiger partial charge in [0.1, 0.15) is 6.17 Å². The van der Waals surface area contributed by atoms with Crippen molar-refractivity contribution in [3.05, 3.63) is 71.8 Å². The van der Waals surface area contributed by atoms with Crippen molar-refractivity contribution >= 4 is 5.91 Å². The van der Waals surface area contributed by atoms with Gasteiger partial charge in [-0.25, -0.2) is 4.39 Å². The van der Waals surface area contributed by atoms with Crippen LogP contribution >= 0.6 is 0 Å². The third-order valence-corrected chi connectivity index (χ3v) is 4.40. The van der Waals surface area contributed by atoms with Crippen LogP contribution in [-0.2, 0) is 4.79 Å². The van der Waals surface area contributed by atoms with Crippen LogP contribution in [0.2, 0.25) is 0 Å². The average molecular weight is 312 g/mol. The molecular weight excluding hydrogens is 291 g/mol. The first-order valence-electron chi connectivity index (χ1n) is 7.94. The van der Waals surface area contributed by atoms with Gasteiger partial charge in [0.15, 0.2) is 0 Å². The molecule has 1 fully saturated rings. The van der Waals surface area contributed by atoms with E-state index in [1.54, 1.807) is 0 Å². The molecule has 1 amide bonds. The molecule has 2 N–H and O–H groups in total. The molecule has 3 nitrogen and oxygen atoms in total. The van der Waals surface area contributed by atoms with Crippen molar-refractivity contribution in [2.75, 3.05) is 6.54 Å². The van der Waals surface area contributed by atoms with Gasteiger partial charge in [-0.1, -0.05) is 60.7 Å². The zero-order valence-corrected chi connectivity index (χ0v) is 12.9. The van der Waals surface area contributed by atoms with E-state index in [1.165, 1.54) is 4.90 Å². The quantitative estimate of drug-likeness (QED) is 0.943. The van der Waals surface area contributed by atoms with Crippen LogP contribution in [0, 0.1) is 0 Å². The lowest BCUT2D eigenvalue weighted by Crippen LogP contribution is -2.41. The molecule has 23 heavy (non-hydrogen) atoms. The first kappa shape index (κ1) is 15.7. The number of nitrogens with zero attached hydrogens (tertiary/aromatic N) is 1. The van der Waals surface area contributed by atoms with Crippen LogP contribution in [0.25, 0.3) is 0 Å². The molecule has 2 aromatic rings. The molecule has 0 aliphatic carbocycles. The van der Waals surface area contributed by atoms with E-state index < -0.39 is 12.3 Å². The maximum absolute atomic E-state index is 13.5. The zero-order valence-electron chi connectivity index (χ0n) is 12.9. The Balaban J connectivity index is 1.84. The van der Waals surface area contributed by atoms with Crippen molar-refractivity contribution in [1.29, 1.82) is 0 Å². The standard InChI is InChI=1S/C19H21FN2O/c20-16-11-18(21)22(13-16)19(23)12-17(14-7-3-1-4-8-14)15-9-5-2-6-10-15/h1-10,16-18H,11-13,21H2/t16-,18-/m0/s1. The number of carbonyl (C=O) groups excluding carboxylic acids is 1. The van der Waals surface area contributed by atoms with Gasteiger partial charge in [-0.05, 0) is 11.1 Å². The molecule has 0 aromatic heterocycles. The maximum atomic E-state index is 13.5. The Morgan fingerprint density at radius 2 is 1.61 bits per heavy atom. The van der Waals surface area contributed by atoms with E-state index in [-0.39, 0.29) is 24.8 Å². The van der Waals surface area contributed by atoms with Crippen molar-refractivity contribution < 1.29 is 9.18 Å². The highest BCUT2D eigenvalue weighted by Gasteiger charge is 2.34. The number of carbonyl (C=O) groups is 1. The highest BCUT2D eigenvalue weighted by molar-refractivity contribution is 5.78. The lowest BCUT2D eigenvalue weighted by atomic mass is 9.88. The zero-order chi connectivity index (χ0) is 16.2. The summed E-state index contributed by atoms with van der Waals surface area (Å²) in [6.45, 7) is 0.107. The lowest BCUT2D eigenvalue weighted by molar-refractivity contribution is -0.132. The molecule has 2 aromatic carbocycles. The molecule has 0 spiro atoms. The van der Waals surface area contributed by atoms with E-state index in [2.05, 4.69) is 0 Å². The molecule has 0 unspecified atom stereocenters. The summed E-state index contributed by atoms with van der Waals surface area (Å²) in [7, 11) is 0. The molecule has 0 radical (unpaired) electrons. The number of halogens is 1. The van der Waals surface area contributed by atoms with Crippen LogP contribution < -0.4 is 5.73 Å². The van der Waals surface area contributed by atoms with Crippen LogP contribution in [0.5, 0.6) is 0 Å². The largest absolute Gasteiger partial charge is 0.324 e. The van der Waals surface area contributed by atoms with E-state index in [0.29, 0.717) is 6.42 Å². The van der Waals surface area contributed by atoms with Gasteiger partial charge in [0.2, 0.25) is 5.91 Å². The predicted molar refractivity (Wildman–Crippen MR) is 88.5 cm³/mol. The minimum atomic E-state index is -1.01. The smallest absolute Gasteiger partial charge is 0.224 e. The second kappa shape index (κ2) is 6.92. The molecule has 1 heterocycles. The van der Waals surface area contributed by atoms with Crippen LogP contribution in [0.3, 0.4) is 0 Å². The molecule has 3 rings (SSSR count). The number of hydrogen-bond acceptors (Lipinski definition) is 2. The Bertz CT molecular complexity index is 607. The van der Waals surface area contributed by atoms with E-state index in [1.807, 2.05) is 60.7 Å². The fraction of sp³-hybridized carbons (Fsp3) is 0.316. The summed E-state index contributed by atoms with van der Waals surface area (Å²) < 4.78 is 13.5. The van der Waals surface area contributed by atoms with E-state index in [9.17, 15) is 9.18 Å². The van der Waals surface area contributed by atoms with Gasteiger partial charge in [-0.3, -0.25) is 4.79 Å². The Morgan fingerprint density at radius 3 is 2.04 bits per heavy atom. The Labute approximate surface area is 135 Å². The molecular formula is C19H21FN2O. The number of nitrogens with two attached hydrogens (primary N) is 1. The number of benzene rings is 2. The number of alkyl halides is 1. The second-order valence-corrected chi connectivity index (χ2v) is 6.02. The molecule has 1 aliphatic rings. The first-order valence-corrected chi connectivity index (χ1v) is 7.94. The SMILES string of the molecule is N[C@@H]1C[C@H](F)CN1C(=O)CC(c1ccccc1)c1ccccc1. The van der Waals surface area contributed by atoms with E-state index >= 15 is 0 Å². The fourth-order valence-electron chi connectivity index (χ4n) is 3.19. The molecule has 1 saturated heterocycles. The second-order valence-electron chi connectivity index (χ2n) is 6.02. The third-order valence-electron chi connectivity index (χ3n) is 4.40. The van der Waals surface area contributed by atoms with E-state index in [0.717, 1.165) is 11.1 Å². The van der Waals surface area contributed by atoms with Gasteiger partial charge >= 0.3 is 0 Å². The van der Waals surface area contributed by atoms with Gasteiger partial charge in [-0.15, -0.1) is 0 Å². The summed E-state index contributed by atoms with van der Waals surface area (Å²) in [4.78, 5) is 14.1. The molecule has 4 heteroatoms. The molecule has 120 valence electrons. The van der Waals surface area contributed by atoms with Gasteiger partial charge in [0.25, 0.3) is 0 Å². The number of likely N-dealkylation sites (tertiary alicyclic amines) is 1. The van der Waals surface area contributed by atoms with Crippen LogP contribution in [0.15, 0.2) is 60.7 Å². The minimum absolute atomic E-state index is 0.0456. The van der Waals surface area contributed by atoms with Crippen molar-refractivity contribution in [2.24, 2.45) is 5.73 Å². The Hall–Kier alpha value is -2.20. The van der Waals surface area contributed by atoms with Crippen molar-refractivity contribution in [3.8, 4) is 0 Å². The van der Waals surface area contributed by atoms with Gasteiger partial charge < -0.3 is 10.6 Å². The summed E-state index contributed by atoms with van der Waals surface area (Å²) in [5, 5.41) is 0. The summed E-state index contributed by atoms with van der Waals surface area (Å²) in [5.41, 5.74) is 8.05. The molecule has 0 saturated carbocycles. The molecule has 2 atom stereocenters. The van der Waals surface area contributed by atoms with Gasteiger partial charge in [-0.2, -0.15) is 0 Å². The van der Waals surface area contributed by atoms with Crippen LogP contribution in [0.1, 0.15) is 29.9 Å². The van der Waals surface area contributed by atoms with Gasteiger partial charge in [0.05, 0.1) is 12.7 Å². The van der Waals surface area contributed by atoms with Crippen molar-refractivity contribution in [2.45, 2.75) is 31.1 Å². The topological polar surface area (TPSA) is 46.3 Å². The van der Waals surface area contributed by atoms with Crippen LogP contribution in [0.4, 0.5) is 4.39 Å². The van der Waals surface area contributed by atoms with Gasteiger partial charge in [0, 0.05) is 18.8 Å².